The summed E-state index contributed by atoms with van der Waals surface area (Å²) in [4.78, 5) is 0. The van der Waals surface area contributed by atoms with Gasteiger partial charge in [-0.3, -0.25) is 0 Å². The lowest BCUT2D eigenvalue weighted by Crippen LogP contribution is -2.15. The van der Waals surface area contributed by atoms with Crippen LogP contribution in [-0.2, 0) is 4.74 Å². The number of rotatable bonds is 4. The first-order chi connectivity index (χ1) is 6.61. The van der Waals surface area contributed by atoms with Gasteiger partial charge in [0.05, 0.1) is 0 Å². The van der Waals surface area contributed by atoms with E-state index in [1.54, 1.807) is 0 Å². The van der Waals surface area contributed by atoms with E-state index in [2.05, 4.69) is 31.9 Å². The molecule has 78 valence electrons. The molecule has 0 saturated heterocycles. The predicted molar refractivity (Wildman–Crippen MR) is 63.6 cm³/mol. The molecule has 2 nitrogen and oxygen atoms in total. The van der Waals surface area contributed by atoms with Crippen molar-refractivity contribution < 1.29 is 9.47 Å². The highest BCUT2D eigenvalue weighted by atomic mass is 79.9. The fraction of sp³-hybridized carbons (Fsp3) is 0.400. The van der Waals surface area contributed by atoms with E-state index in [0.29, 0.717) is 6.61 Å². The maximum atomic E-state index is 5.53. The molecule has 0 bridgehead atoms. The van der Waals surface area contributed by atoms with Crippen molar-refractivity contribution in [2.24, 2.45) is 0 Å². The van der Waals surface area contributed by atoms with Gasteiger partial charge in [0.1, 0.15) is 5.75 Å². The molecule has 1 aromatic rings. The lowest BCUT2D eigenvalue weighted by Gasteiger charge is -2.14. The molecule has 4 heteroatoms. The van der Waals surface area contributed by atoms with Gasteiger partial charge in [-0.05, 0) is 32.0 Å². The molecule has 1 atom stereocenters. The van der Waals surface area contributed by atoms with Crippen LogP contribution in [-0.4, -0.2) is 12.9 Å². The van der Waals surface area contributed by atoms with E-state index in [4.69, 9.17) is 9.47 Å². The van der Waals surface area contributed by atoms with E-state index in [-0.39, 0.29) is 6.29 Å². The smallest absolute Gasteiger partial charge is 0.196 e. The fourth-order valence-electron chi connectivity index (χ4n) is 1.06. The second kappa shape index (κ2) is 5.73. The van der Waals surface area contributed by atoms with Crippen LogP contribution < -0.4 is 4.74 Å². The summed E-state index contributed by atoms with van der Waals surface area (Å²) in [7, 11) is 0. The molecular formula is C10H12Br2O2. The van der Waals surface area contributed by atoms with Crippen LogP contribution in [0.15, 0.2) is 27.1 Å². The minimum atomic E-state index is -0.221. The summed E-state index contributed by atoms with van der Waals surface area (Å²) in [5.74, 6) is 0.784. The van der Waals surface area contributed by atoms with E-state index >= 15 is 0 Å². The average Bonchev–Trinajstić information content (AvgIpc) is 2.01. The molecule has 1 aromatic carbocycles. The monoisotopic (exact) mass is 322 g/mol. The second-order valence-electron chi connectivity index (χ2n) is 2.75. The highest BCUT2D eigenvalue weighted by Gasteiger charge is 2.04. The Hall–Kier alpha value is -0.0600. The van der Waals surface area contributed by atoms with Crippen molar-refractivity contribution in [2.75, 3.05) is 6.61 Å². The molecule has 0 spiro atoms. The number of halogens is 2. The molecule has 0 radical (unpaired) electrons. The summed E-state index contributed by atoms with van der Waals surface area (Å²) in [5, 5.41) is 0. The zero-order valence-electron chi connectivity index (χ0n) is 8.09. The molecule has 0 fully saturated rings. The minimum Gasteiger partial charge on any atom is -0.465 e. The molecule has 0 N–H and O–H groups in total. The van der Waals surface area contributed by atoms with Crippen molar-refractivity contribution in [3.8, 4) is 5.75 Å². The van der Waals surface area contributed by atoms with E-state index in [1.807, 2.05) is 32.0 Å². The van der Waals surface area contributed by atoms with E-state index in [1.165, 1.54) is 0 Å². The first kappa shape index (κ1) is 12.0. The first-order valence-corrected chi connectivity index (χ1v) is 5.94. The SMILES string of the molecule is CCOC(C)Oc1cc(Br)cc(Br)c1. The van der Waals surface area contributed by atoms with Crippen molar-refractivity contribution in [1.82, 2.24) is 0 Å². The Kier molecular flexibility index (Phi) is 4.92. The summed E-state index contributed by atoms with van der Waals surface area (Å²) in [6, 6.07) is 5.76. The number of ether oxygens (including phenoxy) is 2. The average molecular weight is 324 g/mol. The summed E-state index contributed by atoms with van der Waals surface area (Å²) in [5.41, 5.74) is 0. The zero-order valence-corrected chi connectivity index (χ0v) is 11.3. The van der Waals surface area contributed by atoms with Crippen molar-refractivity contribution >= 4 is 31.9 Å². The van der Waals surface area contributed by atoms with Crippen molar-refractivity contribution in [3.05, 3.63) is 27.1 Å². The van der Waals surface area contributed by atoms with Crippen LogP contribution in [0.4, 0.5) is 0 Å². The molecule has 0 aromatic heterocycles. The highest BCUT2D eigenvalue weighted by molar-refractivity contribution is 9.11. The van der Waals surface area contributed by atoms with Crippen molar-refractivity contribution in [2.45, 2.75) is 20.1 Å². The van der Waals surface area contributed by atoms with Crippen LogP contribution in [0, 0.1) is 0 Å². The largest absolute Gasteiger partial charge is 0.465 e. The van der Waals surface area contributed by atoms with E-state index < -0.39 is 0 Å². The number of hydrogen-bond acceptors (Lipinski definition) is 2. The third-order valence-corrected chi connectivity index (χ3v) is 2.46. The Bertz CT molecular complexity index is 282. The van der Waals surface area contributed by atoms with E-state index in [9.17, 15) is 0 Å². The molecule has 14 heavy (non-hydrogen) atoms. The van der Waals surface area contributed by atoms with Gasteiger partial charge in [0.2, 0.25) is 0 Å². The van der Waals surface area contributed by atoms with Gasteiger partial charge in [-0.1, -0.05) is 31.9 Å². The highest BCUT2D eigenvalue weighted by Crippen LogP contribution is 2.25. The van der Waals surface area contributed by atoms with E-state index in [0.717, 1.165) is 14.7 Å². The zero-order chi connectivity index (χ0) is 10.6. The summed E-state index contributed by atoms with van der Waals surface area (Å²) in [6.45, 7) is 4.46. The van der Waals surface area contributed by atoms with Gasteiger partial charge in [0, 0.05) is 15.6 Å². The van der Waals surface area contributed by atoms with Crippen LogP contribution in [0.2, 0.25) is 0 Å². The Balaban J connectivity index is 2.66. The first-order valence-electron chi connectivity index (χ1n) is 4.36. The summed E-state index contributed by atoms with van der Waals surface area (Å²) < 4.78 is 12.8. The van der Waals surface area contributed by atoms with Gasteiger partial charge in [-0.25, -0.2) is 0 Å². The molecule has 0 heterocycles. The Labute approximate surface area is 101 Å². The van der Waals surface area contributed by atoms with Crippen LogP contribution in [0.5, 0.6) is 5.75 Å². The van der Waals surface area contributed by atoms with Gasteiger partial charge >= 0.3 is 0 Å². The maximum absolute atomic E-state index is 5.53. The van der Waals surface area contributed by atoms with Gasteiger partial charge in [0.15, 0.2) is 6.29 Å². The van der Waals surface area contributed by atoms with Gasteiger partial charge < -0.3 is 9.47 Å². The van der Waals surface area contributed by atoms with Crippen LogP contribution >= 0.6 is 31.9 Å². The lowest BCUT2D eigenvalue weighted by molar-refractivity contribution is -0.0613. The molecule has 1 unspecified atom stereocenters. The Morgan fingerprint density at radius 1 is 1.21 bits per heavy atom. The number of hydrogen-bond donors (Lipinski definition) is 0. The van der Waals surface area contributed by atoms with Gasteiger partial charge in [-0.2, -0.15) is 0 Å². The lowest BCUT2D eigenvalue weighted by atomic mass is 10.3. The fourth-order valence-corrected chi connectivity index (χ4v) is 2.31. The maximum Gasteiger partial charge on any atom is 0.196 e. The molecule has 1 rings (SSSR count). The third kappa shape index (κ3) is 3.98. The third-order valence-electron chi connectivity index (χ3n) is 1.54. The van der Waals surface area contributed by atoms with Crippen LogP contribution in [0.25, 0.3) is 0 Å². The molecular weight excluding hydrogens is 312 g/mol. The molecule has 0 amide bonds. The number of benzene rings is 1. The molecule has 0 aliphatic rings. The van der Waals surface area contributed by atoms with Crippen LogP contribution in [0.1, 0.15) is 13.8 Å². The molecule has 0 aliphatic heterocycles. The standard InChI is InChI=1S/C10H12Br2O2/c1-3-13-7(2)14-10-5-8(11)4-9(12)6-10/h4-7H,3H2,1-2H3. The van der Waals surface area contributed by atoms with Gasteiger partial charge in [0.25, 0.3) is 0 Å². The Morgan fingerprint density at radius 3 is 2.29 bits per heavy atom. The second-order valence-corrected chi connectivity index (χ2v) is 4.58. The quantitative estimate of drug-likeness (QED) is 0.780. The minimum absolute atomic E-state index is 0.221. The van der Waals surface area contributed by atoms with Crippen LogP contribution in [0.3, 0.4) is 0 Å². The van der Waals surface area contributed by atoms with Crippen molar-refractivity contribution in [1.29, 1.82) is 0 Å². The molecule has 0 aliphatic carbocycles. The summed E-state index contributed by atoms with van der Waals surface area (Å²) >= 11 is 6.78. The topological polar surface area (TPSA) is 18.5 Å². The summed E-state index contributed by atoms with van der Waals surface area (Å²) in [6.07, 6.45) is -0.221. The predicted octanol–water partition coefficient (Wildman–Crippen LogP) is 3.97. The normalized spacial score (nSPS) is 12.6. The molecule has 0 saturated carbocycles. The van der Waals surface area contributed by atoms with Crippen molar-refractivity contribution in [3.63, 3.8) is 0 Å². The van der Waals surface area contributed by atoms with Gasteiger partial charge in [-0.15, -0.1) is 0 Å². The Morgan fingerprint density at radius 2 is 1.79 bits per heavy atom.